The number of hydrogen-bond acceptors (Lipinski definition) is 6. The van der Waals surface area contributed by atoms with Gasteiger partial charge in [-0.05, 0) is 33.6 Å². The van der Waals surface area contributed by atoms with Crippen LogP contribution in [-0.2, 0) is 17.8 Å². The van der Waals surface area contributed by atoms with Crippen LogP contribution in [0.3, 0.4) is 0 Å². The molecule has 9 heteroatoms. The minimum Gasteiger partial charge on any atom is -0.368 e. The summed E-state index contributed by atoms with van der Waals surface area (Å²) in [6.07, 6.45) is 2.06. The van der Waals surface area contributed by atoms with E-state index in [0.717, 1.165) is 35.6 Å². The van der Waals surface area contributed by atoms with Crippen LogP contribution in [0.2, 0.25) is 0 Å². The zero-order valence-electron chi connectivity index (χ0n) is 15.4. The third-order valence-electron chi connectivity index (χ3n) is 5.01. The van der Waals surface area contributed by atoms with E-state index < -0.39 is 0 Å². The zero-order valence-corrected chi connectivity index (χ0v) is 15.4. The van der Waals surface area contributed by atoms with Gasteiger partial charge in [0.25, 0.3) is 0 Å². The van der Waals surface area contributed by atoms with Crippen molar-refractivity contribution in [2.45, 2.75) is 52.5 Å². The summed E-state index contributed by atoms with van der Waals surface area (Å²) in [7, 11) is 0. The highest BCUT2D eigenvalue weighted by atomic mass is 16.2. The number of nitrogens with one attached hydrogen (secondary N) is 1. The van der Waals surface area contributed by atoms with Gasteiger partial charge in [0.2, 0.25) is 11.9 Å². The number of piperidine rings is 1. The monoisotopic (exact) mass is 359 g/mol. The lowest BCUT2D eigenvalue weighted by Gasteiger charge is -2.32. The summed E-state index contributed by atoms with van der Waals surface area (Å²) in [4.78, 5) is 34.8. The molecule has 26 heavy (non-hydrogen) atoms. The van der Waals surface area contributed by atoms with E-state index in [9.17, 15) is 9.59 Å². The van der Waals surface area contributed by atoms with E-state index in [0.29, 0.717) is 19.6 Å². The molecule has 140 valence electrons. The molecule has 1 aliphatic rings. The second kappa shape index (κ2) is 7.27. The number of anilines is 1. The SMILES string of the molecule is CCn1c(C2CCCN(C(=O)Cc3c(C)nc(N)nc3C)C2)n[nH]c1=O. The van der Waals surface area contributed by atoms with E-state index in [1.165, 1.54) is 0 Å². The average Bonchev–Trinajstić information content (AvgIpc) is 2.98. The first-order valence-corrected chi connectivity index (χ1v) is 8.93. The number of amides is 1. The predicted molar refractivity (Wildman–Crippen MR) is 96.7 cm³/mol. The lowest BCUT2D eigenvalue weighted by atomic mass is 9.96. The number of aromatic nitrogens is 5. The molecule has 0 aromatic carbocycles. The fraction of sp³-hybridized carbons (Fsp3) is 0.588. The van der Waals surface area contributed by atoms with Crippen LogP contribution in [0.1, 0.15) is 48.5 Å². The van der Waals surface area contributed by atoms with Gasteiger partial charge >= 0.3 is 5.69 Å². The molecule has 2 aromatic rings. The van der Waals surface area contributed by atoms with Gasteiger partial charge in [0.15, 0.2) is 0 Å². The highest BCUT2D eigenvalue weighted by Crippen LogP contribution is 2.25. The molecule has 9 nitrogen and oxygen atoms in total. The number of carbonyl (C=O) groups excluding carboxylic acids is 1. The topological polar surface area (TPSA) is 123 Å². The zero-order chi connectivity index (χ0) is 18.8. The summed E-state index contributed by atoms with van der Waals surface area (Å²) in [5, 5.41) is 6.69. The third-order valence-corrected chi connectivity index (χ3v) is 5.01. The van der Waals surface area contributed by atoms with Crippen LogP contribution in [0.5, 0.6) is 0 Å². The summed E-state index contributed by atoms with van der Waals surface area (Å²) >= 11 is 0. The quantitative estimate of drug-likeness (QED) is 0.821. The van der Waals surface area contributed by atoms with Crippen molar-refractivity contribution >= 4 is 11.9 Å². The van der Waals surface area contributed by atoms with Crippen LogP contribution < -0.4 is 11.4 Å². The average molecular weight is 359 g/mol. The van der Waals surface area contributed by atoms with Crippen molar-refractivity contribution in [3.8, 4) is 0 Å². The molecule has 1 unspecified atom stereocenters. The number of rotatable bonds is 4. The number of nitrogens with two attached hydrogens (primary N) is 1. The van der Waals surface area contributed by atoms with E-state index in [4.69, 9.17) is 5.73 Å². The van der Waals surface area contributed by atoms with Gasteiger partial charge in [-0.1, -0.05) is 0 Å². The third kappa shape index (κ3) is 3.47. The first-order chi connectivity index (χ1) is 12.4. The maximum absolute atomic E-state index is 12.8. The van der Waals surface area contributed by atoms with Crippen molar-refractivity contribution in [3.63, 3.8) is 0 Å². The number of nitrogen functional groups attached to an aromatic ring is 1. The second-order valence-electron chi connectivity index (χ2n) is 6.72. The molecule has 0 aliphatic carbocycles. The van der Waals surface area contributed by atoms with Crippen molar-refractivity contribution in [2.24, 2.45) is 0 Å². The largest absolute Gasteiger partial charge is 0.368 e. The van der Waals surface area contributed by atoms with E-state index in [1.807, 2.05) is 25.7 Å². The fourth-order valence-electron chi connectivity index (χ4n) is 3.65. The lowest BCUT2D eigenvalue weighted by Crippen LogP contribution is -2.41. The first-order valence-electron chi connectivity index (χ1n) is 8.93. The van der Waals surface area contributed by atoms with Gasteiger partial charge in [0, 0.05) is 42.5 Å². The molecule has 0 saturated carbocycles. The Morgan fingerprint density at radius 3 is 2.65 bits per heavy atom. The number of aryl methyl sites for hydroxylation is 2. The second-order valence-corrected chi connectivity index (χ2v) is 6.72. The maximum Gasteiger partial charge on any atom is 0.343 e. The van der Waals surface area contributed by atoms with Crippen LogP contribution in [-0.4, -0.2) is 48.6 Å². The molecule has 1 fully saturated rings. The van der Waals surface area contributed by atoms with Crippen LogP contribution in [0.25, 0.3) is 0 Å². The molecule has 1 atom stereocenters. The van der Waals surface area contributed by atoms with E-state index in [2.05, 4.69) is 20.2 Å². The van der Waals surface area contributed by atoms with Crippen molar-refractivity contribution in [1.29, 1.82) is 0 Å². The number of nitrogens with zero attached hydrogens (tertiary/aromatic N) is 5. The van der Waals surface area contributed by atoms with Gasteiger partial charge in [-0.2, -0.15) is 5.10 Å². The highest BCUT2D eigenvalue weighted by molar-refractivity contribution is 5.79. The Hall–Kier alpha value is -2.71. The molecule has 1 saturated heterocycles. The molecule has 1 amide bonds. The smallest absolute Gasteiger partial charge is 0.343 e. The predicted octanol–water partition coefficient (Wildman–Crippen LogP) is 0.529. The maximum atomic E-state index is 12.8. The molecule has 3 N–H and O–H groups in total. The van der Waals surface area contributed by atoms with Crippen LogP contribution in [0, 0.1) is 13.8 Å². The Balaban J connectivity index is 1.75. The summed E-state index contributed by atoms with van der Waals surface area (Å²) in [5.74, 6) is 1.06. The molecule has 2 aromatic heterocycles. The summed E-state index contributed by atoms with van der Waals surface area (Å²) in [6.45, 7) is 7.45. The van der Waals surface area contributed by atoms with Crippen LogP contribution in [0.4, 0.5) is 5.95 Å². The van der Waals surface area contributed by atoms with Crippen molar-refractivity contribution in [3.05, 3.63) is 33.3 Å². The Bertz CT molecular complexity index is 847. The summed E-state index contributed by atoms with van der Waals surface area (Å²) < 4.78 is 1.64. The minimum absolute atomic E-state index is 0.0372. The van der Waals surface area contributed by atoms with Gasteiger partial charge in [-0.15, -0.1) is 0 Å². The number of hydrogen-bond donors (Lipinski definition) is 2. The Morgan fingerprint density at radius 2 is 2.00 bits per heavy atom. The van der Waals surface area contributed by atoms with Crippen molar-refractivity contribution in [1.82, 2.24) is 29.6 Å². The number of carbonyl (C=O) groups is 1. The first kappa shape index (κ1) is 18.1. The van der Waals surface area contributed by atoms with Crippen molar-refractivity contribution in [2.75, 3.05) is 18.8 Å². The van der Waals surface area contributed by atoms with Gasteiger partial charge < -0.3 is 10.6 Å². The van der Waals surface area contributed by atoms with Crippen LogP contribution in [0.15, 0.2) is 4.79 Å². The normalized spacial score (nSPS) is 17.5. The molecule has 0 spiro atoms. The van der Waals surface area contributed by atoms with E-state index >= 15 is 0 Å². The molecule has 0 bridgehead atoms. The van der Waals surface area contributed by atoms with Gasteiger partial charge in [-0.25, -0.2) is 19.9 Å². The highest BCUT2D eigenvalue weighted by Gasteiger charge is 2.28. The Kier molecular flexibility index (Phi) is 5.06. The van der Waals surface area contributed by atoms with Gasteiger partial charge in [0.1, 0.15) is 5.82 Å². The lowest BCUT2D eigenvalue weighted by molar-refractivity contribution is -0.131. The van der Waals surface area contributed by atoms with Crippen molar-refractivity contribution < 1.29 is 4.79 Å². The Morgan fingerprint density at radius 1 is 1.31 bits per heavy atom. The molecular weight excluding hydrogens is 334 g/mol. The molecule has 3 rings (SSSR count). The standard InChI is InChI=1S/C17H25N7O2/c1-4-24-15(21-22-17(24)26)12-6-5-7-23(9-12)14(25)8-13-10(2)19-16(18)20-11(13)3/h12H,4-9H2,1-3H3,(H,22,26)(H2,18,19,20). The summed E-state index contributed by atoms with van der Waals surface area (Å²) in [6, 6.07) is 0. The Labute approximate surface area is 151 Å². The van der Waals surface area contributed by atoms with E-state index in [-0.39, 0.29) is 29.9 Å². The molecule has 0 radical (unpaired) electrons. The van der Waals surface area contributed by atoms with Crippen LogP contribution >= 0.6 is 0 Å². The van der Waals surface area contributed by atoms with E-state index in [1.54, 1.807) is 4.57 Å². The molecule has 3 heterocycles. The number of H-pyrrole nitrogens is 1. The fourth-order valence-corrected chi connectivity index (χ4v) is 3.65. The van der Waals surface area contributed by atoms with Gasteiger partial charge in [-0.3, -0.25) is 9.36 Å². The van der Waals surface area contributed by atoms with Gasteiger partial charge in [0.05, 0.1) is 6.42 Å². The number of aromatic amines is 1. The molecular formula is C17H25N7O2. The summed E-state index contributed by atoms with van der Waals surface area (Å²) in [5.41, 5.74) is 7.77. The molecule has 1 aliphatic heterocycles. The number of likely N-dealkylation sites (tertiary alicyclic amines) is 1. The minimum atomic E-state index is -0.198.